The number of carboxylic acid groups (broad SMARTS) is 1. The number of carboxylic acids is 1. The second-order valence-electron chi connectivity index (χ2n) is 7.19. The van der Waals surface area contributed by atoms with Crippen LogP contribution in [-0.4, -0.2) is 38.1 Å². The van der Waals surface area contributed by atoms with Crippen LogP contribution in [0, 0.1) is 5.92 Å². The Bertz CT molecular complexity index is 1040. The number of nitrogens with two attached hydrogens (primary N) is 1. The first-order chi connectivity index (χ1) is 14.6. The molecule has 0 aliphatic carbocycles. The van der Waals surface area contributed by atoms with E-state index in [1.165, 1.54) is 18.5 Å². The molecule has 3 N–H and O–H groups in total. The minimum atomic E-state index is -4.80. The maximum atomic E-state index is 13.0. The quantitative estimate of drug-likeness (QED) is 0.700. The topological polar surface area (TPSA) is 137 Å². The van der Waals surface area contributed by atoms with E-state index in [2.05, 4.69) is 9.97 Å². The van der Waals surface area contributed by atoms with Crippen molar-refractivity contribution in [1.29, 1.82) is 0 Å². The van der Waals surface area contributed by atoms with Gasteiger partial charge in [-0.1, -0.05) is 0 Å². The van der Waals surface area contributed by atoms with Crippen molar-refractivity contribution < 1.29 is 32.6 Å². The van der Waals surface area contributed by atoms with Crippen molar-refractivity contribution in [2.45, 2.75) is 37.6 Å². The fourth-order valence-corrected chi connectivity index (χ4v) is 3.65. The first-order valence-electron chi connectivity index (χ1n) is 9.31. The maximum Gasteiger partial charge on any atom is 0.434 e. The molecule has 1 fully saturated rings. The Labute approximate surface area is 173 Å². The SMILES string of the molecule is NC(=O)C(CC1CCO[C@H](c2ccncc2C(=O)O)C1)n1cc(C(F)(F)F)ncc1=O. The first kappa shape index (κ1) is 22.4. The molecule has 0 saturated carbocycles. The summed E-state index contributed by atoms with van der Waals surface area (Å²) in [6.45, 7) is 0.237. The summed E-state index contributed by atoms with van der Waals surface area (Å²) in [6.07, 6.45) is -1.05. The van der Waals surface area contributed by atoms with E-state index in [1.54, 1.807) is 0 Å². The van der Waals surface area contributed by atoms with Crippen molar-refractivity contribution >= 4 is 11.9 Å². The molecule has 31 heavy (non-hydrogen) atoms. The normalized spacial score (nSPS) is 20.2. The number of hydrogen-bond acceptors (Lipinski definition) is 6. The van der Waals surface area contributed by atoms with Crippen LogP contribution in [0.2, 0.25) is 0 Å². The van der Waals surface area contributed by atoms with Crippen molar-refractivity contribution in [3.05, 3.63) is 58.0 Å². The molecule has 2 unspecified atom stereocenters. The molecule has 0 spiro atoms. The smallest absolute Gasteiger partial charge is 0.434 e. The molecule has 1 saturated heterocycles. The molecule has 0 radical (unpaired) electrons. The Hall–Kier alpha value is -3.28. The van der Waals surface area contributed by atoms with Gasteiger partial charge in [0.25, 0.3) is 5.56 Å². The van der Waals surface area contributed by atoms with Crippen LogP contribution in [0.1, 0.15) is 53.0 Å². The van der Waals surface area contributed by atoms with Gasteiger partial charge >= 0.3 is 12.1 Å². The van der Waals surface area contributed by atoms with Gasteiger partial charge in [-0.25, -0.2) is 9.78 Å². The fourth-order valence-electron chi connectivity index (χ4n) is 3.65. The van der Waals surface area contributed by atoms with Gasteiger partial charge in [-0.05, 0) is 36.8 Å². The molecule has 0 aromatic carbocycles. The molecule has 3 atom stereocenters. The number of ether oxygens (including phenoxy) is 1. The van der Waals surface area contributed by atoms with Crippen molar-refractivity contribution in [3.63, 3.8) is 0 Å². The molecule has 1 aliphatic heterocycles. The van der Waals surface area contributed by atoms with Gasteiger partial charge in [-0.3, -0.25) is 19.1 Å². The summed E-state index contributed by atoms with van der Waals surface area (Å²) < 4.78 is 45.3. The summed E-state index contributed by atoms with van der Waals surface area (Å²) in [7, 11) is 0. The summed E-state index contributed by atoms with van der Waals surface area (Å²) in [4.78, 5) is 42.5. The van der Waals surface area contributed by atoms with E-state index in [1.807, 2.05) is 0 Å². The summed E-state index contributed by atoms with van der Waals surface area (Å²) in [5.74, 6) is -2.40. The highest BCUT2D eigenvalue weighted by Crippen LogP contribution is 2.37. The number of pyridine rings is 1. The Kier molecular flexibility index (Phi) is 6.39. The lowest BCUT2D eigenvalue weighted by Crippen LogP contribution is -2.37. The summed E-state index contributed by atoms with van der Waals surface area (Å²) in [6, 6.07) is 0.196. The molecule has 2 aromatic heterocycles. The van der Waals surface area contributed by atoms with Gasteiger partial charge in [0.15, 0.2) is 5.69 Å². The van der Waals surface area contributed by atoms with Crippen molar-refractivity contribution in [2.75, 3.05) is 6.61 Å². The van der Waals surface area contributed by atoms with Gasteiger partial charge in [-0.15, -0.1) is 0 Å². The van der Waals surface area contributed by atoms with E-state index < -0.39 is 41.5 Å². The van der Waals surface area contributed by atoms with E-state index in [9.17, 15) is 32.7 Å². The minimum absolute atomic E-state index is 0.0100. The van der Waals surface area contributed by atoms with E-state index in [0.29, 0.717) is 35.4 Å². The monoisotopic (exact) mass is 440 g/mol. The number of alkyl halides is 3. The second kappa shape index (κ2) is 8.84. The Morgan fingerprint density at radius 3 is 2.74 bits per heavy atom. The number of nitrogens with zero attached hydrogens (tertiary/aromatic N) is 3. The lowest BCUT2D eigenvalue weighted by Gasteiger charge is -2.32. The van der Waals surface area contributed by atoms with Crippen LogP contribution >= 0.6 is 0 Å². The van der Waals surface area contributed by atoms with Crippen molar-refractivity contribution in [1.82, 2.24) is 14.5 Å². The molecule has 12 heteroatoms. The molecular weight excluding hydrogens is 421 g/mol. The molecule has 2 aromatic rings. The molecule has 3 heterocycles. The molecule has 1 amide bonds. The number of carbonyl (C=O) groups excluding carboxylic acids is 1. The number of rotatable bonds is 6. The fraction of sp³-hybridized carbons (Fsp3) is 0.421. The molecule has 0 bridgehead atoms. The van der Waals surface area contributed by atoms with Crippen LogP contribution in [0.25, 0.3) is 0 Å². The summed E-state index contributed by atoms with van der Waals surface area (Å²) in [5, 5.41) is 9.36. The summed E-state index contributed by atoms with van der Waals surface area (Å²) >= 11 is 0. The zero-order chi connectivity index (χ0) is 22.8. The van der Waals surface area contributed by atoms with Crippen LogP contribution in [-0.2, 0) is 15.7 Å². The largest absolute Gasteiger partial charge is 0.478 e. The van der Waals surface area contributed by atoms with Crippen LogP contribution in [0.15, 0.2) is 35.6 Å². The molecular formula is C19H19F3N4O5. The Morgan fingerprint density at radius 2 is 2.10 bits per heavy atom. The second-order valence-corrected chi connectivity index (χ2v) is 7.19. The predicted octanol–water partition coefficient (Wildman–Crippen LogP) is 1.94. The van der Waals surface area contributed by atoms with Crippen LogP contribution in [0.5, 0.6) is 0 Å². The Balaban J connectivity index is 1.86. The van der Waals surface area contributed by atoms with Gasteiger partial charge in [-0.2, -0.15) is 13.2 Å². The third kappa shape index (κ3) is 5.08. The number of aromatic nitrogens is 3. The van der Waals surface area contributed by atoms with Gasteiger partial charge in [0.2, 0.25) is 5.91 Å². The number of amides is 1. The van der Waals surface area contributed by atoms with E-state index in [4.69, 9.17) is 10.5 Å². The predicted molar refractivity (Wildman–Crippen MR) is 99.0 cm³/mol. The highest BCUT2D eigenvalue weighted by Gasteiger charge is 2.35. The van der Waals surface area contributed by atoms with Gasteiger partial charge < -0.3 is 15.6 Å². The average molecular weight is 440 g/mol. The number of primary amides is 1. The standard InChI is InChI=1S/C19H19F3N4O5/c20-19(21,22)15-9-26(16(27)8-25-15)13(17(23)28)5-10-2-4-31-14(6-10)11-1-3-24-7-12(11)18(29)30/h1,3,7-10,13-14H,2,4-6H2,(H2,23,28)(H,29,30)/t10?,13?,14-/m0/s1. The van der Waals surface area contributed by atoms with Crippen molar-refractivity contribution in [3.8, 4) is 0 Å². The zero-order valence-electron chi connectivity index (χ0n) is 16.1. The van der Waals surface area contributed by atoms with E-state index in [-0.39, 0.29) is 24.5 Å². The number of aromatic carboxylic acids is 1. The maximum absolute atomic E-state index is 13.0. The van der Waals surface area contributed by atoms with Gasteiger partial charge in [0, 0.05) is 25.2 Å². The van der Waals surface area contributed by atoms with Crippen LogP contribution in [0.3, 0.4) is 0 Å². The molecule has 9 nitrogen and oxygen atoms in total. The van der Waals surface area contributed by atoms with E-state index >= 15 is 0 Å². The summed E-state index contributed by atoms with van der Waals surface area (Å²) in [5.41, 5.74) is 3.58. The number of carbonyl (C=O) groups is 2. The third-order valence-corrected chi connectivity index (χ3v) is 5.17. The molecule has 3 rings (SSSR count). The molecule has 166 valence electrons. The first-order valence-corrected chi connectivity index (χ1v) is 9.31. The van der Waals surface area contributed by atoms with Gasteiger partial charge in [0.05, 0.1) is 17.9 Å². The average Bonchev–Trinajstić information content (AvgIpc) is 2.72. The van der Waals surface area contributed by atoms with E-state index in [0.717, 1.165) is 0 Å². The lowest BCUT2D eigenvalue weighted by molar-refractivity contribution is -0.142. The molecule has 1 aliphatic rings. The van der Waals surface area contributed by atoms with Gasteiger partial charge in [0.1, 0.15) is 6.04 Å². The highest BCUT2D eigenvalue weighted by atomic mass is 19.4. The zero-order valence-corrected chi connectivity index (χ0v) is 16.1. The third-order valence-electron chi connectivity index (χ3n) is 5.17. The van der Waals surface area contributed by atoms with Crippen LogP contribution < -0.4 is 11.3 Å². The number of halogens is 3. The minimum Gasteiger partial charge on any atom is -0.478 e. The highest BCUT2D eigenvalue weighted by molar-refractivity contribution is 5.89. The van der Waals surface area contributed by atoms with Crippen LogP contribution in [0.4, 0.5) is 13.2 Å². The lowest BCUT2D eigenvalue weighted by atomic mass is 9.86. The Morgan fingerprint density at radius 1 is 1.35 bits per heavy atom. The number of hydrogen-bond donors (Lipinski definition) is 2. The van der Waals surface area contributed by atoms with Crippen molar-refractivity contribution in [2.24, 2.45) is 11.7 Å².